The van der Waals surface area contributed by atoms with Gasteiger partial charge in [0.2, 0.25) is 11.6 Å². The molecule has 0 bridgehead atoms. The van der Waals surface area contributed by atoms with Gasteiger partial charge in [0.15, 0.2) is 0 Å². The lowest BCUT2D eigenvalue weighted by Gasteiger charge is -2.42. The second kappa shape index (κ2) is 12.2. The molecule has 10 heteroatoms. The number of carbonyl (C=O) groups excluding carboxylic acids is 2. The number of anilines is 2. The van der Waals surface area contributed by atoms with Gasteiger partial charge in [-0.05, 0) is 24.3 Å². The quantitative estimate of drug-likeness (QED) is 0.100. The van der Waals surface area contributed by atoms with E-state index in [1.165, 1.54) is 12.2 Å². The first-order chi connectivity index (χ1) is 14.9. The summed E-state index contributed by atoms with van der Waals surface area (Å²) in [5, 5.41) is 48.0. The van der Waals surface area contributed by atoms with Crippen LogP contribution in [0.25, 0.3) is 0 Å². The van der Waals surface area contributed by atoms with Crippen molar-refractivity contribution in [1.29, 1.82) is 0 Å². The summed E-state index contributed by atoms with van der Waals surface area (Å²) in [6.07, 6.45) is 3.00. The van der Waals surface area contributed by atoms with Crippen LogP contribution in [0.3, 0.4) is 0 Å². The highest BCUT2D eigenvalue weighted by Gasteiger charge is 2.20. The number of hydrogen-bond donors (Lipinski definition) is 6. The Balaban J connectivity index is 1.83. The van der Waals surface area contributed by atoms with E-state index in [1.54, 1.807) is 12.1 Å². The van der Waals surface area contributed by atoms with Crippen LogP contribution in [-0.4, -0.2) is 84.1 Å². The molecule has 1 aromatic carbocycles. The van der Waals surface area contributed by atoms with Crippen LogP contribution in [0, 0.1) is 5.21 Å². The lowest BCUT2D eigenvalue weighted by atomic mass is 10.1. The van der Waals surface area contributed by atoms with Crippen LogP contribution in [0.1, 0.15) is 6.42 Å². The number of carbonyl (C=O) groups is 2. The molecule has 0 amide bonds. The summed E-state index contributed by atoms with van der Waals surface area (Å²) in [5.41, 5.74) is 1.79. The van der Waals surface area contributed by atoms with E-state index in [0.717, 1.165) is 5.69 Å². The summed E-state index contributed by atoms with van der Waals surface area (Å²) in [6.45, 7) is 0.583. The molecule has 0 unspecified atom stereocenters. The van der Waals surface area contributed by atoms with Gasteiger partial charge in [-0.15, -0.1) is 0 Å². The smallest absolute Gasteiger partial charge is 0.204 e. The zero-order chi connectivity index (χ0) is 22.7. The summed E-state index contributed by atoms with van der Waals surface area (Å²) in [4.78, 5) is 24.3. The Labute approximate surface area is 181 Å². The molecule has 31 heavy (non-hydrogen) atoms. The van der Waals surface area contributed by atoms with Crippen LogP contribution < -0.4 is 16.0 Å². The molecule has 0 aliphatic heterocycles. The largest absolute Gasteiger partial charge is 0.633 e. The van der Waals surface area contributed by atoms with Crippen molar-refractivity contribution in [3.63, 3.8) is 0 Å². The van der Waals surface area contributed by atoms with Crippen molar-refractivity contribution in [2.75, 3.05) is 63.2 Å². The van der Waals surface area contributed by atoms with Crippen LogP contribution >= 0.6 is 0 Å². The number of hydroxylamine groups is 3. The van der Waals surface area contributed by atoms with Crippen LogP contribution in [0.5, 0.6) is 0 Å². The summed E-state index contributed by atoms with van der Waals surface area (Å²) in [5.74, 6) is -0.684. The normalized spacial score (nSPS) is 14.2. The molecule has 0 fully saturated rings. The highest BCUT2D eigenvalue weighted by atomic mass is 16.5. The summed E-state index contributed by atoms with van der Waals surface area (Å²) < 4.78 is -0.620. The van der Waals surface area contributed by atoms with Gasteiger partial charge in [0, 0.05) is 43.0 Å². The van der Waals surface area contributed by atoms with Crippen molar-refractivity contribution >= 4 is 22.9 Å². The molecular weight excluding hydrogens is 404 g/mol. The van der Waals surface area contributed by atoms with Crippen molar-refractivity contribution in [2.24, 2.45) is 0 Å². The van der Waals surface area contributed by atoms with Gasteiger partial charge in [0.1, 0.15) is 13.1 Å². The Morgan fingerprint density at radius 1 is 0.742 bits per heavy atom. The molecule has 0 aromatic heterocycles. The molecule has 2 rings (SSSR count). The second-order valence-electron chi connectivity index (χ2n) is 7.15. The number of quaternary nitrogens is 1. The number of nitrogens with one attached hydrogen (secondary N) is 3. The Hall–Kier alpha value is -2.76. The molecule has 0 saturated heterocycles. The monoisotopic (exact) mass is 434 g/mol. The van der Waals surface area contributed by atoms with Crippen LogP contribution in [0.2, 0.25) is 0 Å². The topological polar surface area (TPSA) is 154 Å². The van der Waals surface area contributed by atoms with Crippen molar-refractivity contribution in [2.45, 2.75) is 6.42 Å². The van der Waals surface area contributed by atoms with Gasteiger partial charge in [-0.1, -0.05) is 0 Å². The third kappa shape index (κ3) is 7.78. The molecule has 1 aliphatic rings. The standard InChI is InChI=1S/C21H30N4O6/c26-11-7-23-18-14-21(30)19(15-20(18)29)24-17-4-2-16(3-5-17)22-6-1-8-25(31,9-12-27)10-13-28/h2-5,14-15,22-24,26-28H,1,6-13H2. The van der Waals surface area contributed by atoms with Crippen LogP contribution in [0.15, 0.2) is 47.8 Å². The lowest BCUT2D eigenvalue weighted by Crippen LogP contribution is -2.47. The predicted octanol–water partition coefficient (Wildman–Crippen LogP) is -0.299. The molecule has 0 spiro atoms. The fourth-order valence-electron chi connectivity index (χ4n) is 3.11. The zero-order valence-corrected chi connectivity index (χ0v) is 17.3. The number of ketones is 2. The number of allylic oxidation sites excluding steroid dienone is 2. The molecule has 0 saturated carbocycles. The minimum Gasteiger partial charge on any atom is -0.633 e. The fourth-order valence-corrected chi connectivity index (χ4v) is 3.11. The predicted molar refractivity (Wildman–Crippen MR) is 117 cm³/mol. The summed E-state index contributed by atoms with van der Waals surface area (Å²) in [7, 11) is 0. The van der Waals surface area contributed by atoms with Crippen LogP contribution in [-0.2, 0) is 9.59 Å². The molecule has 170 valence electrons. The average molecular weight is 434 g/mol. The number of rotatable bonds is 14. The van der Waals surface area contributed by atoms with E-state index in [9.17, 15) is 14.8 Å². The maximum Gasteiger partial charge on any atom is 0.204 e. The molecule has 1 aromatic rings. The van der Waals surface area contributed by atoms with Gasteiger partial charge in [0.25, 0.3) is 0 Å². The van der Waals surface area contributed by atoms with E-state index in [2.05, 4.69) is 16.0 Å². The maximum atomic E-state index is 12.4. The molecule has 6 N–H and O–H groups in total. The molecule has 10 nitrogen and oxygen atoms in total. The van der Waals surface area contributed by atoms with E-state index >= 15 is 0 Å². The first-order valence-corrected chi connectivity index (χ1v) is 10.2. The number of aliphatic hydroxyl groups excluding tert-OH is 3. The van der Waals surface area contributed by atoms with Crippen molar-refractivity contribution in [3.8, 4) is 0 Å². The number of nitrogens with zero attached hydrogens (tertiary/aromatic N) is 1. The van der Waals surface area contributed by atoms with Gasteiger partial charge in [0.05, 0.1) is 37.8 Å². The van der Waals surface area contributed by atoms with Crippen molar-refractivity contribution in [1.82, 2.24) is 5.32 Å². The molecule has 0 heterocycles. The van der Waals surface area contributed by atoms with Gasteiger partial charge in [-0.2, -0.15) is 0 Å². The van der Waals surface area contributed by atoms with Gasteiger partial charge >= 0.3 is 0 Å². The maximum absolute atomic E-state index is 12.4. The molecule has 0 atom stereocenters. The van der Waals surface area contributed by atoms with E-state index in [-0.39, 0.29) is 62.4 Å². The Morgan fingerprint density at radius 3 is 1.94 bits per heavy atom. The number of hydrogen-bond acceptors (Lipinski definition) is 9. The molecular formula is C21H30N4O6. The minimum atomic E-state index is -0.620. The number of aliphatic hydroxyl groups is 3. The first-order valence-electron chi connectivity index (χ1n) is 10.2. The van der Waals surface area contributed by atoms with Gasteiger partial charge in [-0.3, -0.25) is 9.59 Å². The van der Waals surface area contributed by atoms with E-state index in [1.807, 2.05) is 12.1 Å². The van der Waals surface area contributed by atoms with Crippen LogP contribution in [0.4, 0.5) is 11.4 Å². The third-order valence-corrected chi connectivity index (χ3v) is 4.76. The van der Waals surface area contributed by atoms with Gasteiger partial charge < -0.3 is 41.1 Å². The summed E-state index contributed by atoms with van der Waals surface area (Å²) >= 11 is 0. The SMILES string of the molecule is O=C1C=C(Nc2ccc(NCCC[N+]([O-])(CCO)CCO)cc2)C(=O)C=C1NCCO. The number of benzene rings is 1. The van der Waals surface area contributed by atoms with Crippen molar-refractivity contribution in [3.05, 3.63) is 53.0 Å². The Morgan fingerprint density at radius 2 is 1.32 bits per heavy atom. The van der Waals surface area contributed by atoms with Gasteiger partial charge in [-0.25, -0.2) is 0 Å². The minimum absolute atomic E-state index is 0.0617. The van der Waals surface area contributed by atoms with E-state index in [4.69, 9.17) is 15.3 Å². The average Bonchev–Trinajstić information content (AvgIpc) is 2.74. The van der Waals surface area contributed by atoms with E-state index in [0.29, 0.717) is 25.2 Å². The zero-order valence-electron chi connectivity index (χ0n) is 17.3. The van der Waals surface area contributed by atoms with E-state index < -0.39 is 4.65 Å². The third-order valence-electron chi connectivity index (χ3n) is 4.76. The fraction of sp³-hybridized carbons (Fsp3) is 0.429. The Bertz CT molecular complexity index is 801. The Kier molecular flexibility index (Phi) is 9.63. The first kappa shape index (κ1) is 24.5. The highest BCUT2D eigenvalue weighted by Crippen LogP contribution is 2.18. The molecule has 1 aliphatic carbocycles. The highest BCUT2D eigenvalue weighted by molar-refractivity contribution is 6.20. The summed E-state index contributed by atoms with van der Waals surface area (Å²) in [6, 6.07) is 7.14. The lowest BCUT2D eigenvalue weighted by molar-refractivity contribution is -0.881. The molecule has 0 radical (unpaired) electrons. The second-order valence-corrected chi connectivity index (χ2v) is 7.15. The van der Waals surface area contributed by atoms with Crippen molar-refractivity contribution < 1.29 is 29.6 Å².